The minimum atomic E-state index is -4.37. The maximum absolute atomic E-state index is 12.6. The van der Waals surface area contributed by atoms with E-state index in [2.05, 4.69) is 10.4 Å². The van der Waals surface area contributed by atoms with Gasteiger partial charge in [-0.15, -0.1) is 0 Å². The first-order valence-corrected chi connectivity index (χ1v) is 8.74. The summed E-state index contributed by atoms with van der Waals surface area (Å²) < 4.78 is 37.7. The number of nitrogens with one attached hydrogen (secondary N) is 1. The molecule has 1 aliphatic rings. The Morgan fingerprint density at radius 1 is 1.04 bits per heavy atom. The molecule has 0 saturated heterocycles. The maximum atomic E-state index is 12.6. The first kappa shape index (κ1) is 19.6. The Balaban J connectivity index is 1.58. The number of hydrazone groups is 1. The Morgan fingerprint density at radius 3 is 2.36 bits per heavy atom. The molecule has 0 bridgehead atoms. The van der Waals surface area contributed by atoms with Crippen molar-refractivity contribution in [2.45, 2.75) is 25.4 Å². The average Bonchev–Trinajstić information content (AvgIpc) is 2.68. The number of hydrogen-bond acceptors (Lipinski definition) is 3. The number of halogens is 3. The van der Waals surface area contributed by atoms with Crippen LogP contribution in [0.15, 0.2) is 59.7 Å². The summed E-state index contributed by atoms with van der Waals surface area (Å²) in [4.78, 5) is 24.4. The number of para-hydroxylation sites is 1. The molecule has 2 amide bonds. The van der Waals surface area contributed by atoms with Crippen LogP contribution in [0.25, 0.3) is 0 Å². The molecule has 2 aromatic rings. The third-order valence-electron chi connectivity index (χ3n) is 4.28. The molecule has 1 aliphatic heterocycles. The predicted octanol–water partition coefficient (Wildman–Crippen LogP) is 3.55. The molecule has 8 heteroatoms. The molecule has 5 nitrogen and oxygen atoms in total. The lowest BCUT2D eigenvalue weighted by atomic mass is 10.1. The highest BCUT2D eigenvalue weighted by atomic mass is 19.4. The Morgan fingerprint density at radius 2 is 1.71 bits per heavy atom. The van der Waals surface area contributed by atoms with Gasteiger partial charge in [0.25, 0.3) is 5.91 Å². The molecule has 0 fully saturated rings. The van der Waals surface area contributed by atoms with Crippen LogP contribution in [0.5, 0.6) is 0 Å². The number of carbonyl (C=O) groups excluding carboxylic acids is 2. The molecule has 3 rings (SSSR count). The Bertz CT molecular complexity index is 878. The van der Waals surface area contributed by atoms with Gasteiger partial charge in [0.05, 0.1) is 11.3 Å². The molecule has 28 heavy (non-hydrogen) atoms. The van der Waals surface area contributed by atoms with Crippen molar-refractivity contribution in [3.8, 4) is 0 Å². The lowest BCUT2D eigenvalue weighted by molar-refractivity contribution is -0.137. The van der Waals surface area contributed by atoms with Crippen molar-refractivity contribution in [2.75, 3.05) is 11.6 Å². The summed E-state index contributed by atoms with van der Waals surface area (Å²) in [6.45, 7) is 0.252. The normalized spacial score (nSPS) is 14.6. The summed E-state index contributed by atoms with van der Waals surface area (Å²) in [5, 5.41) is 8.08. The van der Waals surface area contributed by atoms with Gasteiger partial charge in [0.2, 0.25) is 5.91 Å². The third-order valence-corrected chi connectivity index (χ3v) is 4.28. The number of amides is 2. The second-order valence-electron chi connectivity index (χ2n) is 6.29. The van der Waals surface area contributed by atoms with E-state index >= 15 is 0 Å². The van der Waals surface area contributed by atoms with Crippen LogP contribution in [0.1, 0.15) is 24.0 Å². The van der Waals surface area contributed by atoms with Crippen LogP contribution in [0.2, 0.25) is 0 Å². The lowest BCUT2D eigenvalue weighted by Crippen LogP contribution is -2.39. The van der Waals surface area contributed by atoms with Gasteiger partial charge in [-0.3, -0.25) is 9.59 Å². The van der Waals surface area contributed by atoms with Crippen LogP contribution < -0.4 is 10.3 Å². The first-order valence-electron chi connectivity index (χ1n) is 8.74. The van der Waals surface area contributed by atoms with E-state index in [0.29, 0.717) is 17.7 Å². The Hall–Kier alpha value is -3.16. The molecular weight excluding hydrogens is 371 g/mol. The van der Waals surface area contributed by atoms with Gasteiger partial charge in [0.1, 0.15) is 5.71 Å². The van der Waals surface area contributed by atoms with Crippen molar-refractivity contribution in [3.63, 3.8) is 0 Å². The number of carbonyl (C=O) groups is 2. The smallest absolute Gasteiger partial charge is 0.351 e. The topological polar surface area (TPSA) is 61.8 Å². The van der Waals surface area contributed by atoms with Crippen molar-refractivity contribution in [1.82, 2.24) is 5.32 Å². The maximum Gasteiger partial charge on any atom is 0.416 e. The average molecular weight is 389 g/mol. The molecule has 0 unspecified atom stereocenters. The van der Waals surface area contributed by atoms with Gasteiger partial charge in [-0.1, -0.05) is 30.3 Å². The summed E-state index contributed by atoms with van der Waals surface area (Å²) in [5.41, 5.74) is 0.806. The fourth-order valence-electron chi connectivity index (χ4n) is 2.77. The molecule has 0 aromatic heterocycles. The van der Waals surface area contributed by atoms with Gasteiger partial charge in [-0.2, -0.15) is 18.3 Å². The predicted molar refractivity (Wildman–Crippen MR) is 98.8 cm³/mol. The summed E-state index contributed by atoms with van der Waals surface area (Å²) in [5.74, 6) is -0.576. The Labute approximate surface area is 159 Å². The minimum Gasteiger partial charge on any atom is -0.351 e. The molecule has 1 N–H and O–H groups in total. The van der Waals surface area contributed by atoms with E-state index in [0.717, 1.165) is 12.1 Å². The van der Waals surface area contributed by atoms with E-state index in [1.54, 1.807) is 24.3 Å². The molecule has 1 heterocycles. The van der Waals surface area contributed by atoms with Crippen molar-refractivity contribution in [3.05, 3.63) is 65.7 Å². The summed E-state index contributed by atoms with van der Waals surface area (Å²) in [6.07, 6.45) is -3.55. The van der Waals surface area contributed by atoms with Crippen LogP contribution in [0, 0.1) is 0 Å². The minimum absolute atomic E-state index is 0.181. The molecular formula is C20H18F3N3O2. The van der Waals surface area contributed by atoms with Crippen LogP contribution in [-0.4, -0.2) is 24.1 Å². The lowest BCUT2D eigenvalue weighted by Gasteiger charge is -2.23. The largest absolute Gasteiger partial charge is 0.416 e. The number of nitrogens with zero attached hydrogens (tertiary/aromatic N) is 2. The fourth-order valence-corrected chi connectivity index (χ4v) is 2.77. The van der Waals surface area contributed by atoms with Gasteiger partial charge in [-0.05, 0) is 36.2 Å². The van der Waals surface area contributed by atoms with Gasteiger partial charge in [-0.25, -0.2) is 5.01 Å². The monoisotopic (exact) mass is 389 g/mol. The van der Waals surface area contributed by atoms with E-state index in [-0.39, 0.29) is 36.9 Å². The summed E-state index contributed by atoms with van der Waals surface area (Å²) in [7, 11) is 0. The molecule has 2 aromatic carbocycles. The second kappa shape index (κ2) is 8.24. The fraction of sp³-hybridized carbons (Fsp3) is 0.250. The first-order chi connectivity index (χ1) is 13.3. The van der Waals surface area contributed by atoms with E-state index in [4.69, 9.17) is 0 Å². The van der Waals surface area contributed by atoms with E-state index in [9.17, 15) is 22.8 Å². The highest BCUT2D eigenvalue weighted by Gasteiger charge is 2.30. The van der Waals surface area contributed by atoms with Gasteiger partial charge in [0, 0.05) is 19.4 Å². The number of alkyl halides is 3. The molecule has 146 valence electrons. The summed E-state index contributed by atoms with van der Waals surface area (Å²) >= 11 is 0. The third kappa shape index (κ3) is 4.76. The number of hydrogen-bond donors (Lipinski definition) is 1. The molecule has 0 radical (unpaired) electrons. The quantitative estimate of drug-likeness (QED) is 0.850. The van der Waals surface area contributed by atoms with Crippen LogP contribution in [0.3, 0.4) is 0 Å². The number of anilines is 1. The highest BCUT2D eigenvalue weighted by molar-refractivity contribution is 6.40. The zero-order chi connectivity index (χ0) is 20.1. The Kier molecular flexibility index (Phi) is 5.77. The van der Waals surface area contributed by atoms with E-state index < -0.39 is 11.7 Å². The highest BCUT2D eigenvalue weighted by Crippen LogP contribution is 2.29. The van der Waals surface area contributed by atoms with Crippen molar-refractivity contribution >= 4 is 23.2 Å². The van der Waals surface area contributed by atoms with Gasteiger partial charge in [0.15, 0.2) is 0 Å². The summed E-state index contributed by atoms with van der Waals surface area (Å²) in [6, 6.07) is 13.6. The molecule has 0 saturated carbocycles. The van der Waals surface area contributed by atoms with Gasteiger partial charge >= 0.3 is 6.18 Å². The number of benzene rings is 2. The second-order valence-corrected chi connectivity index (χ2v) is 6.29. The van der Waals surface area contributed by atoms with E-state index in [1.807, 2.05) is 6.07 Å². The van der Waals surface area contributed by atoms with E-state index in [1.165, 1.54) is 17.1 Å². The van der Waals surface area contributed by atoms with Crippen LogP contribution in [-0.2, 0) is 22.2 Å². The standard InChI is InChI=1S/C20H18F3N3O2/c21-20(22,23)15-8-6-14(7-9-15)12-13-24-19(28)17-10-11-18(27)26(25-17)16-4-2-1-3-5-16/h1-9H,10-13H2,(H,24,28). The van der Waals surface area contributed by atoms with Gasteiger partial charge < -0.3 is 5.32 Å². The molecule has 0 spiro atoms. The van der Waals surface area contributed by atoms with Crippen molar-refractivity contribution in [1.29, 1.82) is 0 Å². The number of rotatable bonds is 5. The zero-order valence-corrected chi connectivity index (χ0v) is 14.9. The van der Waals surface area contributed by atoms with Crippen LogP contribution >= 0.6 is 0 Å². The molecule has 0 atom stereocenters. The molecule has 0 aliphatic carbocycles. The van der Waals surface area contributed by atoms with Crippen molar-refractivity contribution < 1.29 is 22.8 Å². The van der Waals surface area contributed by atoms with Crippen molar-refractivity contribution in [2.24, 2.45) is 5.10 Å². The van der Waals surface area contributed by atoms with Crippen LogP contribution in [0.4, 0.5) is 18.9 Å². The SMILES string of the molecule is O=C(NCCc1ccc(C(F)(F)F)cc1)C1=NN(c2ccccc2)C(=O)CC1. The zero-order valence-electron chi connectivity index (χ0n) is 14.9.